The van der Waals surface area contributed by atoms with Crippen LogP contribution in [0.4, 0.5) is 0 Å². The maximum absolute atomic E-state index is 6.05. The molecule has 0 unspecified atom stereocenters. The van der Waals surface area contributed by atoms with Crippen molar-refractivity contribution < 1.29 is 4.74 Å². The van der Waals surface area contributed by atoms with E-state index in [0.717, 1.165) is 32.6 Å². The number of hydrogen-bond acceptors (Lipinski definition) is 4. The van der Waals surface area contributed by atoms with Crippen molar-refractivity contribution in [3.63, 3.8) is 0 Å². The van der Waals surface area contributed by atoms with Crippen LogP contribution in [0, 0.1) is 5.92 Å². The maximum Gasteiger partial charge on any atom is 0.179 e. The molecule has 1 saturated heterocycles. The molecule has 0 aliphatic carbocycles. The summed E-state index contributed by atoms with van der Waals surface area (Å²) in [5, 5.41) is 5.01. The molecule has 0 radical (unpaired) electrons. The van der Waals surface area contributed by atoms with Gasteiger partial charge in [0.25, 0.3) is 0 Å². The fourth-order valence-corrected chi connectivity index (χ4v) is 2.54. The molecule has 0 amide bonds. The van der Waals surface area contributed by atoms with Gasteiger partial charge in [0.05, 0.1) is 6.20 Å². The minimum Gasteiger partial charge on any atom is -0.381 e. The number of rotatable bonds is 2. The Hall–Kier alpha value is -0.910. The van der Waals surface area contributed by atoms with Gasteiger partial charge in [-0.1, -0.05) is 23.2 Å². The molecule has 1 aliphatic rings. The second-order valence-electron chi connectivity index (χ2n) is 4.39. The average Bonchev–Trinajstić information content (AvgIpc) is 2.67. The van der Waals surface area contributed by atoms with Gasteiger partial charge in [0, 0.05) is 19.8 Å². The summed E-state index contributed by atoms with van der Waals surface area (Å²) in [4.78, 5) is 8.41. The van der Waals surface area contributed by atoms with Crippen molar-refractivity contribution in [2.75, 3.05) is 13.2 Å². The Morgan fingerprint density at radius 1 is 1.33 bits per heavy atom. The molecule has 7 heteroatoms. The maximum atomic E-state index is 6.05. The van der Waals surface area contributed by atoms with Crippen molar-refractivity contribution >= 4 is 34.4 Å². The Bertz CT molecular complexity index is 565. The van der Waals surface area contributed by atoms with E-state index in [1.165, 1.54) is 6.20 Å². The van der Waals surface area contributed by atoms with E-state index >= 15 is 0 Å². The Morgan fingerprint density at radius 2 is 2.11 bits per heavy atom. The third-order valence-electron chi connectivity index (χ3n) is 3.15. The first-order valence-electron chi connectivity index (χ1n) is 5.86. The lowest BCUT2D eigenvalue weighted by Crippen LogP contribution is -2.21. The lowest BCUT2D eigenvalue weighted by atomic mass is 10.0. The quantitative estimate of drug-likeness (QED) is 0.851. The zero-order valence-electron chi connectivity index (χ0n) is 9.64. The Balaban J connectivity index is 1.93. The number of ether oxygens (including phenoxy) is 1. The van der Waals surface area contributed by atoms with Crippen molar-refractivity contribution in [3.8, 4) is 0 Å². The van der Waals surface area contributed by atoms with Gasteiger partial charge in [0.1, 0.15) is 10.7 Å². The number of nitrogens with zero attached hydrogens (tertiary/aromatic N) is 4. The van der Waals surface area contributed by atoms with Crippen LogP contribution in [0.5, 0.6) is 0 Å². The van der Waals surface area contributed by atoms with Gasteiger partial charge in [-0.15, -0.1) is 0 Å². The molecule has 96 valence electrons. The van der Waals surface area contributed by atoms with Gasteiger partial charge in [0.15, 0.2) is 10.8 Å². The van der Waals surface area contributed by atoms with E-state index in [0.29, 0.717) is 27.4 Å². The molecule has 1 aliphatic heterocycles. The second kappa shape index (κ2) is 4.99. The van der Waals surface area contributed by atoms with Crippen LogP contribution in [0.25, 0.3) is 11.2 Å². The van der Waals surface area contributed by atoms with Gasteiger partial charge in [0.2, 0.25) is 0 Å². The fraction of sp³-hybridized carbons (Fsp3) is 0.545. The monoisotopic (exact) mass is 286 g/mol. The molecule has 2 aromatic rings. The minimum absolute atomic E-state index is 0.354. The minimum atomic E-state index is 0.354. The molecular formula is C11H12Cl2N4O. The average molecular weight is 287 g/mol. The van der Waals surface area contributed by atoms with Crippen molar-refractivity contribution in [1.82, 2.24) is 19.7 Å². The first kappa shape index (κ1) is 12.1. The van der Waals surface area contributed by atoms with Crippen LogP contribution >= 0.6 is 23.2 Å². The number of fused-ring (bicyclic) bond motifs is 1. The molecule has 0 spiro atoms. The summed E-state index contributed by atoms with van der Waals surface area (Å²) in [7, 11) is 0. The summed E-state index contributed by atoms with van der Waals surface area (Å²) in [6.07, 6.45) is 3.55. The molecule has 0 saturated carbocycles. The molecule has 3 heterocycles. The summed E-state index contributed by atoms with van der Waals surface area (Å²) in [6, 6.07) is 0. The molecule has 0 aromatic carbocycles. The standard InChI is InChI=1S/C11H12Cl2N4O/c12-8-5-14-9-10(13)16-17(11(9)15-8)6-7-1-3-18-4-2-7/h5,7H,1-4,6H2. The van der Waals surface area contributed by atoms with Crippen LogP contribution in [-0.4, -0.2) is 33.0 Å². The highest BCUT2D eigenvalue weighted by Crippen LogP contribution is 2.23. The molecule has 18 heavy (non-hydrogen) atoms. The summed E-state index contributed by atoms with van der Waals surface area (Å²) >= 11 is 11.9. The highest BCUT2D eigenvalue weighted by molar-refractivity contribution is 6.34. The van der Waals surface area contributed by atoms with Crippen LogP contribution in [0.2, 0.25) is 10.3 Å². The lowest BCUT2D eigenvalue weighted by Gasteiger charge is -2.21. The van der Waals surface area contributed by atoms with Gasteiger partial charge in [-0.05, 0) is 18.8 Å². The number of halogens is 2. The fourth-order valence-electron chi connectivity index (χ4n) is 2.19. The van der Waals surface area contributed by atoms with Crippen molar-refractivity contribution in [3.05, 3.63) is 16.5 Å². The van der Waals surface area contributed by atoms with E-state index in [-0.39, 0.29) is 0 Å². The van der Waals surface area contributed by atoms with Gasteiger partial charge in [-0.25, -0.2) is 14.6 Å². The zero-order chi connectivity index (χ0) is 12.5. The molecule has 1 fully saturated rings. The van der Waals surface area contributed by atoms with Crippen LogP contribution < -0.4 is 0 Å². The SMILES string of the molecule is Clc1cnc2c(Cl)nn(CC3CCOCC3)c2n1. The van der Waals surface area contributed by atoms with Gasteiger partial charge < -0.3 is 4.74 Å². The third kappa shape index (κ3) is 2.30. The lowest BCUT2D eigenvalue weighted by molar-refractivity contribution is 0.0605. The van der Waals surface area contributed by atoms with Crippen LogP contribution in [0.1, 0.15) is 12.8 Å². The van der Waals surface area contributed by atoms with Gasteiger partial charge >= 0.3 is 0 Å². The highest BCUT2D eigenvalue weighted by Gasteiger charge is 2.18. The molecule has 0 atom stereocenters. The zero-order valence-corrected chi connectivity index (χ0v) is 11.2. The Kier molecular flexibility index (Phi) is 3.37. The topological polar surface area (TPSA) is 52.8 Å². The van der Waals surface area contributed by atoms with Crippen LogP contribution in [-0.2, 0) is 11.3 Å². The van der Waals surface area contributed by atoms with E-state index in [1.807, 2.05) is 0 Å². The predicted octanol–water partition coefficient (Wildman–Crippen LogP) is 2.56. The molecule has 0 N–H and O–H groups in total. The second-order valence-corrected chi connectivity index (χ2v) is 5.14. The molecule has 5 nitrogen and oxygen atoms in total. The molecular weight excluding hydrogens is 275 g/mol. The first-order valence-corrected chi connectivity index (χ1v) is 6.62. The normalized spacial score (nSPS) is 17.4. The van der Waals surface area contributed by atoms with E-state index in [2.05, 4.69) is 15.1 Å². The molecule has 2 aromatic heterocycles. The van der Waals surface area contributed by atoms with Gasteiger partial charge in [-0.2, -0.15) is 5.10 Å². The van der Waals surface area contributed by atoms with E-state index in [9.17, 15) is 0 Å². The predicted molar refractivity (Wildman–Crippen MR) is 68.9 cm³/mol. The number of aromatic nitrogens is 4. The van der Waals surface area contributed by atoms with Crippen LogP contribution in [0.3, 0.4) is 0 Å². The third-order valence-corrected chi connectivity index (χ3v) is 3.58. The Labute approximate surface area is 114 Å². The number of hydrogen-bond donors (Lipinski definition) is 0. The van der Waals surface area contributed by atoms with Gasteiger partial charge in [-0.3, -0.25) is 0 Å². The summed E-state index contributed by atoms with van der Waals surface area (Å²) in [5.41, 5.74) is 1.26. The van der Waals surface area contributed by atoms with Crippen LogP contribution in [0.15, 0.2) is 6.20 Å². The summed E-state index contributed by atoms with van der Waals surface area (Å²) in [5.74, 6) is 0.540. The van der Waals surface area contributed by atoms with E-state index in [1.54, 1.807) is 4.68 Å². The largest absolute Gasteiger partial charge is 0.381 e. The Morgan fingerprint density at radius 3 is 2.89 bits per heavy atom. The summed E-state index contributed by atoms with van der Waals surface area (Å²) < 4.78 is 7.14. The summed E-state index contributed by atoms with van der Waals surface area (Å²) in [6.45, 7) is 2.40. The van der Waals surface area contributed by atoms with Crippen molar-refractivity contribution in [1.29, 1.82) is 0 Å². The van der Waals surface area contributed by atoms with E-state index < -0.39 is 0 Å². The smallest absolute Gasteiger partial charge is 0.179 e. The highest BCUT2D eigenvalue weighted by atomic mass is 35.5. The van der Waals surface area contributed by atoms with E-state index in [4.69, 9.17) is 27.9 Å². The molecule has 3 rings (SSSR count). The van der Waals surface area contributed by atoms with Crippen molar-refractivity contribution in [2.24, 2.45) is 5.92 Å². The first-order chi connectivity index (χ1) is 8.74. The van der Waals surface area contributed by atoms with Crippen molar-refractivity contribution in [2.45, 2.75) is 19.4 Å². The molecule has 0 bridgehead atoms.